The molecule has 0 heterocycles. The van der Waals surface area contributed by atoms with Crippen molar-refractivity contribution in [2.24, 2.45) is 0 Å². The van der Waals surface area contributed by atoms with Crippen molar-refractivity contribution in [1.29, 1.82) is 0 Å². The van der Waals surface area contributed by atoms with Gasteiger partial charge < -0.3 is 10.2 Å². The summed E-state index contributed by atoms with van der Waals surface area (Å²) in [6.45, 7) is 4.27. The zero-order valence-electron chi connectivity index (χ0n) is 17.0. The maximum atomic E-state index is 9.68. The average molecular weight is 424 g/mol. The summed E-state index contributed by atoms with van der Waals surface area (Å²) in [6, 6.07) is 0. The molecule has 0 spiro atoms. The Kier molecular flexibility index (Phi) is 20.6. The molecular weight excluding hydrogens is 382 g/mol. The van der Waals surface area contributed by atoms with Crippen molar-refractivity contribution in [3.63, 3.8) is 0 Å². The smallest absolute Gasteiger partial charge is 0.102 e. The van der Waals surface area contributed by atoms with E-state index < -0.39 is 6.10 Å². The zero-order chi connectivity index (χ0) is 19.5. The lowest BCUT2D eigenvalue weighted by Crippen LogP contribution is -2.24. The molecule has 3 nitrogen and oxygen atoms in total. The van der Waals surface area contributed by atoms with E-state index in [1.54, 1.807) is 23.9 Å². The van der Waals surface area contributed by atoms with E-state index in [1.807, 2.05) is 0 Å². The van der Waals surface area contributed by atoms with Gasteiger partial charge in [0.25, 0.3) is 0 Å². The highest BCUT2D eigenvalue weighted by Crippen LogP contribution is 2.27. The number of rotatable bonds is 19. The molecule has 0 aromatic heterocycles. The van der Waals surface area contributed by atoms with Gasteiger partial charge in [-0.25, -0.2) is 0 Å². The fraction of sp³-hybridized carbons (Fsp3) is 0.950. The van der Waals surface area contributed by atoms with Gasteiger partial charge in [0, 0.05) is 17.9 Å². The Hall–Kier alpha value is 0.510. The highest BCUT2D eigenvalue weighted by atomic mass is 32.2. The first kappa shape index (κ1) is 26.5. The van der Waals surface area contributed by atoms with E-state index in [4.69, 9.17) is 17.3 Å². The molecule has 0 radical (unpaired) electrons. The Bertz CT molecular complexity index is 301. The first-order valence-electron chi connectivity index (χ1n) is 10.5. The molecule has 0 aliphatic heterocycles. The molecule has 0 fully saturated rings. The predicted octanol–water partition coefficient (Wildman–Crippen LogP) is 6.38. The summed E-state index contributed by atoms with van der Waals surface area (Å²) >= 11 is 9.06. The van der Waals surface area contributed by atoms with Crippen molar-refractivity contribution >= 4 is 41.1 Å². The van der Waals surface area contributed by atoms with E-state index in [2.05, 4.69) is 17.6 Å². The van der Waals surface area contributed by atoms with Crippen LogP contribution in [0, 0.1) is 0 Å². The second-order valence-corrected chi connectivity index (χ2v) is 9.66. The Morgan fingerprint density at radius 2 is 1.23 bits per heavy atom. The van der Waals surface area contributed by atoms with E-state index in [0.29, 0.717) is 6.42 Å². The second-order valence-electron chi connectivity index (χ2n) is 6.89. The summed E-state index contributed by atoms with van der Waals surface area (Å²) in [5, 5.41) is 18.7. The Morgan fingerprint density at radius 1 is 0.808 bits per heavy atom. The largest absolute Gasteiger partial charge is 0.394 e. The number of thiocarbonyl (C=S) groups is 1. The lowest BCUT2D eigenvalue weighted by Gasteiger charge is -2.23. The monoisotopic (exact) mass is 423 g/mol. The molecule has 0 rings (SSSR count). The molecule has 0 saturated carbocycles. The third kappa shape index (κ3) is 16.7. The molecule has 0 saturated heterocycles. The van der Waals surface area contributed by atoms with Crippen LogP contribution in [0.4, 0.5) is 0 Å². The van der Waals surface area contributed by atoms with Crippen LogP contribution < -0.4 is 0 Å². The van der Waals surface area contributed by atoms with Crippen LogP contribution in [0.2, 0.25) is 0 Å². The lowest BCUT2D eigenvalue weighted by molar-refractivity contribution is 0.101. The van der Waals surface area contributed by atoms with E-state index in [9.17, 15) is 5.11 Å². The predicted molar refractivity (Wildman–Crippen MR) is 124 cm³/mol. The Labute approximate surface area is 176 Å². The van der Waals surface area contributed by atoms with Crippen LogP contribution in [-0.4, -0.2) is 43.1 Å². The highest BCUT2D eigenvalue weighted by Gasteiger charge is 2.15. The topological polar surface area (TPSA) is 43.7 Å². The Balaban J connectivity index is 4.03. The minimum absolute atomic E-state index is 0.224. The molecule has 0 aromatic carbocycles. The van der Waals surface area contributed by atoms with Crippen LogP contribution in [0.1, 0.15) is 97.3 Å². The van der Waals surface area contributed by atoms with Crippen LogP contribution in [0.15, 0.2) is 0 Å². The zero-order valence-corrected chi connectivity index (χ0v) is 19.4. The van der Waals surface area contributed by atoms with Crippen molar-refractivity contribution in [3.8, 4) is 0 Å². The summed E-state index contributed by atoms with van der Waals surface area (Å²) in [5.41, 5.74) is 0. The van der Waals surface area contributed by atoms with Crippen LogP contribution in [0.25, 0.3) is 0 Å². The average Bonchev–Trinajstić information content (AvgIpc) is 2.64. The van der Waals surface area contributed by atoms with E-state index in [0.717, 1.165) is 16.5 Å². The summed E-state index contributed by atoms with van der Waals surface area (Å²) in [7, 11) is 0. The van der Waals surface area contributed by atoms with Crippen molar-refractivity contribution in [2.75, 3.05) is 18.1 Å². The van der Waals surface area contributed by atoms with Crippen LogP contribution >= 0.6 is 36.1 Å². The highest BCUT2D eigenvalue weighted by molar-refractivity contribution is 8.13. The van der Waals surface area contributed by atoms with Crippen molar-refractivity contribution in [2.45, 2.75) is 103 Å². The minimum Gasteiger partial charge on any atom is -0.394 e. The third-order valence-electron chi connectivity index (χ3n) is 4.24. The molecule has 2 N–H and O–H groups in total. The van der Waals surface area contributed by atoms with Gasteiger partial charge in [0.15, 0.2) is 0 Å². The fourth-order valence-electron chi connectivity index (χ4n) is 2.58. The van der Waals surface area contributed by atoms with Crippen LogP contribution in [-0.2, 0) is 0 Å². The van der Waals surface area contributed by atoms with E-state index in [-0.39, 0.29) is 6.61 Å². The molecule has 0 aliphatic carbocycles. The van der Waals surface area contributed by atoms with Crippen molar-refractivity contribution in [3.05, 3.63) is 0 Å². The van der Waals surface area contributed by atoms with Gasteiger partial charge >= 0.3 is 0 Å². The number of nitrogens with zero attached hydrogens (tertiary/aromatic N) is 1. The van der Waals surface area contributed by atoms with Gasteiger partial charge in [0.2, 0.25) is 0 Å². The first-order chi connectivity index (χ1) is 12.7. The molecule has 26 heavy (non-hydrogen) atoms. The molecular formula is C20H41NO2S3. The van der Waals surface area contributed by atoms with E-state index >= 15 is 0 Å². The number of hydrogen-bond acceptors (Lipinski definition) is 5. The second kappa shape index (κ2) is 20.2. The molecule has 1 atom stereocenters. The van der Waals surface area contributed by atoms with Gasteiger partial charge in [0.1, 0.15) is 4.99 Å². The minimum atomic E-state index is -0.741. The maximum absolute atomic E-state index is 9.68. The molecule has 0 aliphatic rings. The van der Waals surface area contributed by atoms with Gasteiger partial charge in [-0.05, 0) is 36.7 Å². The van der Waals surface area contributed by atoms with Crippen molar-refractivity contribution in [1.82, 2.24) is 3.71 Å². The summed E-state index contributed by atoms with van der Waals surface area (Å²) < 4.78 is 2.12. The standard InChI is InChI=1S/C20H41NO2S3/c1-3-5-7-9-11-13-15-25-21(20(24)17-19(23)18-22)26-16-14-12-10-8-6-4-2/h19,22-23H,3-18H2,1-2H3. The van der Waals surface area contributed by atoms with Gasteiger partial charge in [-0.3, -0.25) is 3.71 Å². The Morgan fingerprint density at radius 3 is 1.65 bits per heavy atom. The normalized spacial score (nSPS) is 12.3. The van der Waals surface area contributed by atoms with Gasteiger partial charge in [-0.15, -0.1) is 0 Å². The van der Waals surface area contributed by atoms with Gasteiger partial charge in [-0.1, -0.05) is 90.3 Å². The quantitative estimate of drug-likeness (QED) is 0.143. The number of aliphatic hydroxyl groups is 2. The summed E-state index contributed by atoms with van der Waals surface area (Å²) in [4.78, 5) is 0.749. The molecule has 0 aromatic rings. The van der Waals surface area contributed by atoms with Gasteiger partial charge in [-0.2, -0.15) is 0 Å². The lowest BCUT2D eigenvalue weighted by atomic mass is 10.1. The number of aliphatic hydroxyl groups excluding tert-OH is 2. The molecule has 0 bridgehead atoms. The molecule has 156 valence electrons. The van der Waals surface area contributed by atoms with Crippen molar-refractivity contribution < 1.29 is 10.2 Å². The number of unbranched alkanes of at least 4 members (excludes halogenated alkanes) is 10. The molecule has 6 heteroatoms. The van der Waals surface area contributed by atoms with Gasteiger partial charge in [0.05, 0.1) is 12.7 Å². The van der Waals surface area contributed by atoms with Crippen LogP contribution in [0.5, 0.6) is 0 Å². The summed E-state index contributed by atoms with van der Waals surface area (Å²) in [5.74, 6) is 2.15. The fourth-order valence-corrected chi connectivity index (χ4v) is 5.27. The van der Waals surface area contributed by atoms with Crippen LogP contribution in [0.3, 0.4) is 0 Å². The SMILES string of the molecule is CCCCCCCCSN(SCCCCCCCC)C(=S)CC(O)CO. The molecule has 1 unspecified atom stereocenters. The third-order valence-corrected chi connectivity index (χ3v) is 7.30. The summed E-state index contributed by atoms with van der Waals surface area (Å²) in [6.07, 6.45) is 15.3. The molecule has 0 amide bonds. The first-order valence-corrected chi connectivity index (χ1v) is 12.8. The van der Waals surface area contributed by atoms with E-state index in [1.165, 1.54) is 77.0 Å². The maximum Gasteiger partial charge on any atom is 0.102 e. The number of hydrogen-bond donors (Lipinski definition) is 2.